The van der Waals surface area contributed by atoms with Gasteiger partial charge in [0.1, 0.15) is 12.0 Å². The third kappa shape index (κ3) is 3.68. The van der Waals surface area contributed by atoms with Crippen molar-refractivity contribution in [3.05, 3.63) is 47.9 Å². The molecule has 1 aliphatic rings. The lowest BCUT2D eigenvalue weighted by atomic mass is 9.90. The van der Waals surface area contributed by atoms with Crippen LogP contribution in [0.2, 0.25) is 0 Å². The van der Waals surface area contributed by atoms with Crippen LogP contribution in [0.3, 0.4) is 0 Å². The van der Waals surface area contributed by atoms with Crippen LogP contribution < -0.4 is 16.0 Å². The molecule has 1 atom stereocenters. The summed E-state index contributed by atoms with van der Waals surface area (Å²) in [6.45, 7) is 1.15. The quantitative estimate of drug-likeness (QED) is 0.587. The maximum absolute atomic E-state index is 11.8. The van der Waals surface area contributed by atoms with Gasteiger partial charge in [-0.25, -0.2) is 0 Å². The van der Waals surface area contributed by atoms with Crippen LogP contribution in [0.4, 0.5) is 5.69 Å². The molecule has 23 heavy (non-hydrogen) atoms. The second kappa shape index (κ2) is 6.95. The predicted molar refractivity (Wildman–Crippen MR) is 87.1 cm³/mol. The molecule has 7 heteroatoms. The fourth-order valence-electron chi connectivity index (χ4n) is 2.63. The summed E-state index contributed by atoms with van der Waals surface area (Å²) in [4.78, 5) is 16.0. The summed E-state index contributed by atoms with van der Waals surface area (Å²) < 4.78 is 4.79. The number of hydrogen-bond acceptors (Lipinski definition) is 4. The van der Waals surface area contributed by atoms with Crippen molar-refractivity contribution in [3.8, 4) is 0 Å². The van der Waals surface area contributed by atoms with Crippen LogP contribution in [0, 0.1) is 0 Å². The lowest BCUT2D eigenvalue weighted by molar-refractivity contribution is -0.116. The number of nitrogens with zero attached hydrogens (tertiary/aromatic N) is 2. The van der Waals surface area contributed by atoms with Gasteiger partial charge in [0.05, 0.1) is 6.54 Å². The number of carbonyl (C=O) groups is 1. The molecule has 7 nitrogen and oxygen atoms in total. The van der Waals surface area contributed by atoms with E-state index in [1.54, 1.807) is 13.1 Å². The van der Waals surface area contributed by atoms with Crippen LogP contribution in [0.5, 0.6) is 0 Å². The fourth-order valence-corrected chi connectivity index (χ4v) is 2.63. The van der Waals surface area contributed by atoms with Crippen LogP contribution in [-0.2, 0) is 11.3 Å². The predicted octanol–water partition coefficient (Wildman–Crippen LogP) is 1.47. The Bertz CT molecular complexity index is 696. The number of nitrogens with one attached hydrogen (secondary N) is 3. The topological polar surface area (TPSA) is 91.6 Å². The molecule has 0 spiro atoms. The summed E-state index contributed by atoms with van der Waals surface area (Å²) in [5, 5.41) is 13.2. The zero-order valence-corrected chi connectivity index (χ0v) is 12.9. The van der Waals surface area contributed by atoms with Crippen LogP contribution in [0.25, 0.3) is 0 Å². The van der Waals surface area contributed by atoms with Gasteiger partial charge in [0.15, 0.2) is 5.96 Å². The number of para-hydroxylation sites is 1. The van der Waals surface area contributed by atoms with Crippen molar-refractivity contribution in [3.63, 3.8) is 0 Å². The third-order valence-corrected chi connectivity index (χ3v) is 3.77. The molecule has 1 aromatic carbocycles. The summed E-state index contributed by atoms with van der Waals surface area (Å²) >= 11 is 0. The highest BCUT2D eigenvalue weighted by atomic mass is 16.5. The number of hydrogen-bond donors (Lipinski definition) is 3. The van der Waals surface area contributed by atoms with Crippen molar-refractivity contribution in [2.24, 2.45) is 4.99 Å². The highest BCUT2D eigenvalue weighted by molar-refractivity contribution is 5.94. The molecule has 3 rings (SSSR count). The van der Waals surface area contributed by atoms with Gasteiger partial charge in [-0.3, -0.25) is 9.79 Å². The van der Waals surface area contributed by atoms with Crippen molar-refractivity contribution < 1.29 is 9.32 Å². The number of rotatable bonds is 4. The van der Waals surface area contributed by atoms with Gasteiger partial charge in [-0.15, -0.1) is 0 Å². The summed E-state index contributed by atoms with van der Waals surface area (Å²) in [7, 11) is 1.71. The van der Waals surface area contributed by atoms with Gasteiger partial charge in [0.2, 0.25) is 5.91 Å². The van der Waals surface area contributed by atoms with E-state index in [-0.39, 0.29) is 11.8 Å². The summed E-state index contributed by atoms with van der Waals surface area (Å²) in [6, 6.07) is 9.68. The molecule has 1 aromatic heterocycles. The van der Waals surface area contributed by atoms with E-state index in [1.807, 2.05) is 24.3 Å². The lowest BCUT2D eigenvalue weighted by Gasteiger charge is -2.26. The standard InChI is InChI=1S/C16H19N5O2/c1-17-16(19-10-12-6-7-23-21-12)18-9-11-8-15(22)20-14-5-3-2-4-13(11)14/h2-7,11H,8-10H2,1H3,(H,20,22)(H2,17,18,19). The number of fused-ring (bicyclic) bond motifs is 1. The molecule has 2 heterocycles. The average molecular weight is 313 g/mol. The minimum absolute atomic E-state index is 0.0426. The van der Waals surface area contributed by atoms with Crippen LogP contribution in [0.1, 0.15) is 23.6 Å². The van der Waals surface area contributed by atoms with Crippen molar-refractivity contribution in [2.75, 3.05) is 18.9 Å². The van der Waals surface area contributed by atoms with Crippen molar-refractivity contribution in [1.82, 2.24) is 15.8 Å². The summed E-state index contributed by atoms with van der Waals surface area (Å²) in [5.74, 6) is 0.822. The van der Waals surface area contributed by atoms with Crippen molar-refractivity contribution in [1.29, 1.82) is 0 Å². The van der Waals surface area contributed by atoms with E-state index in [2.05, 4.69) is 26.1 Å². The number of amides is 1. The molecule has 3 N–H and O–H groups in total. The fraction of sp³-hybridized carbons (Fsp3) is 0.312. The van der Waals surface area contributed by atoms with Crippen LogP contribution >= 0.6 is 0 Å². The van der Waals surface area contributed by atoms with Gasteiger partial charge in [0.25, 0.3) is 0 Å². The summed E-state index contributed by atoms with van der Waals surface area (Å²) in [6.07, 6.45) is 2.00. The van der Waals surface area contributed by atoms with Gasteiger partial charge < -0.3 is 20.5 Å². The Morgan fingerprint density at radius 2 is 2.26 bits per heavy atom. The molecule has 1 unspecified atom stereocenters. The second-order valence-electron chi connectivity index (χ2n) is 5.33. The lowest BCUT2D eigenvalue weighted by Crippen LogP contribution is -2.40. The van der Waals surface area contributed by atoms with E-state index in [0.29, 0.717) is 25.5 Å². The molecular weight excluding hydrogens is 294 g/mol. The number of aliphatic imine (C=N–C) groups is 1. The molecule has 0 bridgehead atoms. The normalized spacial score (nSPS) is 17.3. The molecule has 120 valence electrons. The number of carbonyl (C=O) groups excluding carboxylic acids is 1. The molecular formula is C16H19N5O2. The number of guanidine groups is 1. The van der Waals surface area contributed by atoms with E-state index < -0.39 is 0 Å². The van der Waals surface area contributed by atoms with Crippen LogP contribution in [-0.4, -0.2) is 30.6 Å². The zero-order chi connectivity index (χ0) is 16.1. The Morgan fingerprint density at radius 3 is 3.04 bits per heavy atom. The van der Waals surface area contributed by atoms with Crippen LogP contribution in [0.15, 0.2) is 46.1 Å². The molecule has 0 radical (unpaired) electrons. The van der Waals surface area contributed by atoms with Crippen molar-refractivity contribution >= 4 is 17.6 Å². The number of aromatic nitrogens is 1. The van der Waals surface area contributed by atoms with E-state index in [0.717, 1.165) is 16.9 Å². The highest BCUT2D eigenvalue weighted by Crippen LogP contribution is 2.31. The van der Waals surface area contributed by atoms with Gasteiger partial charge in [-0.2, -0.15) is 0 Å². The minimum Gasteiger partial charge on any atom is -0.364 e. The highest BCUT2D eigenvalue weighted by Gasteiger charge is 2.24. The van der Waals surface area contributed by atoms with E-state index in [1.165, 1.54) is 6.26 Å². The first-order valence-corrected chi connectivity index (χ1v) is 7.49. The van der Waals surface area contributed by atoms with Gasteiger partial charge in [-0.1, -0.05) is 23.4 Å². The molecule has 0 saturated carbocycles. The van der Waals surface area contributed by atoms with Gasteiger partial charge in [0, 0.05) is 37.7 Å². The maximum Gasteiger partial charge on any atom is 0.225 e. The molecule has 2 aromatic rings. The van der Waals surface area contributed by atoms with E-state index in [4.69, 9.17) is 4.52 Å². The average Bonchev–Trinajstić information content (AvgIpc) is 3.08. The Labute approximate surface area is 134 Å². The first-order valence-electron chi connectivity index (χ1n) is 7.49. The second-order valence-corrected chi connectivity index (χ2v) is 5.33. The molecule has 0 aliphatic carbocycles. The van der Waals surface area contributed by atoms with E-state index in [9.17, 15) is 4.79 Å². The zero-order valence-electron chi connectivity index (χ0n) is 12.9. The Kier molecular flexibility index (Phi) is 4.56. The summed E-state index contributed by atoms with van der Waals surface area (Å²) in [5.41, 5.74) is 2.84. The maximum atomic E-state index is 11.8. The van der Waals surface area contributed by atoms with Gasteiger partial charge in [-0.05, 0) is 11.6 Å². The van der Waals surface area contributed by atoms with Gasteiger partial charge >= 0.3 is 0 Å². The monoisotopic (exact) mass is 313 g/mol. The SMILES string of the molecule is CN=C(NCc1ccon1)NCC1CC(=O)Nc2ccccc21. The Balaban J connectivity index is 1.59. The Morgan fingerprint density at radius 1 is 1.39 bits per heavy atom. The first-order chi connectivity index (χ1) is 11.3. The Hall–Kier alpha value is -2.83. The minimum atomic E-state index is 0.0426. The number of anilines is 1. The smallest absolute Gasteiger partial charge is 0.225 e. The largest absolute Gasteiger partial charge is 0.364 e. The first kappa shape index (κ1) is 15.1. The number of benzene rings is 1. The third-order valence-electron chi connectivity index (χ3n) is 3.77. The molecule has 0 fully saturated rings. The van der Waals surface area contributed by atoms with E-state index >= 15 is 0 Å². The molecule has 1 aliphatic heterocycles. The molecule has 0 saturated heterocycles. The van der Waals surface area contributed by atoms with Crippen molar-refractivity contribution in [2.45, 2.75) is 18.9 Å². The molecule has 1 amide bonds.